The number of aromatic nitrogens is 2. The number of alkyl halides is 2. The van der Waals surface area contributed by atoms with Crippen LogP contribution in [0.3, 0.4) is 0 Å². The Kier molecular flexibility index (Phi) is 4.85. The van der Waals surface area contributed by atoms with Gasteiger partial charge in [0.2, 0.25) is 10.0 Å². The molecular formula is C17H17F2N3O3S. The van der Waals surface area contributed by atoms with Crippen molar-refractivity contribution in [1.82, 2.24) is 14.3 Å². The van der Waals surface area contributed by atoms with E-state index in [-0.39, 0.29) is 23.6 Å². The summed E-state index contributed by atoms with van der Waals surface area (Å²) < 4.78 is 52.8. The third kappa shape index (κ3) is 3.94. The summed E-state index contributed by atoms with van der Waals surface area (Å²) in [5, 5.41) is 0. The molecule has 0 spiro atoms. The van der Waals surface area contributed by atoms with Crippen LogP contribution in [0, 0.1) is 0 Å². The van der Waals surface area contributed by atoms with Crippen LogP contribution in [0.4, 0.5) is 8.78 Å². The number of sulfonamides is 1. The fraction of sp³-hybridized carbons (Fsp3) is 0.353. The number of ketones is 1. The molecule has 2 aromatic rings. The normalized spacial score (nSPS) is 17.3. The van der Waals surface area contributed by atoms with Crippen molar-refractivity contribution >= 4 is 15.8 Å². The maximum absolute atomic E-state index is 13.4. The van der Waals surface area contributed by atoms with E-state index in [0.29, 0.717) is 16.8 Å². The van der Waals surface area contributed by atoms with Crippen molar-refractivity contribution in [2.45, 2.75) is 30.6 Å². The minimum atomic E-state index is -4.05. The fourth-order valence-electron chi connectivity index (χ4n) is 2.79. The standard InChI is InChI=1S/C17H17F2N3O3S/c1-12(23)6-15-7-13(2-4-21-15)14-8-16(10-20-9-14)26(24,25)22-5-3-17(18,19)11-22/h2,4,7-10H,3,5-6,11H2,1H3. The molecule has 3 heterocycles. The van der Waals surface area contributed by atoms with Crippen molar-refractivity contribution in [2.24, 2.45) is 0 Å². The summed E-state index contributed by atoms with van der Waals surface area (Å²) in [5.41, 5.74) is 1.71. The number of rotatable bonds is 5. The smallest absolute Gasteiger partial charge is 0.262 e. The van der Waals surface area contributed by atoms with Crippen molar-refractivity contribution in [3.8, 4) is 11.1 Å². The zero-order chi connectivity index (χ0) is 18.9. The topological polar surface area (TPSA) is 80.2 Å². The second-order valence-electron chi connectivity index (χ2n) is 6.27. The highest BCUT2D eigenvalue weighted by Crippen LogP contribution is 2.32. The lowest BCUT2D eigenvalue weighted by molar-refractivity contribution is -0.116. The maximum Gasteiger partial charge on any atom is 0.262 e. The van der Waals surface area contributed by atoms with Gasteiger partial charge in [-0.05, 0) is 30.7 Å². The van der Waals surface area contributed by atoms with Gasteiger partial charge in [0.05, 0.1) is 6.54 Å². The monoisotopic (exact) mass is 381 g/mol. The van der Waals surface area contributed by atoms with Gasteiger partial charge in [-0.1, -0.05) is 0 Å². The van der Waals surface area contributed by atoms with Gasteiger partial charge in [-0.15, -0.1) is 0 Å². The SMILES string of the molecule is CC(=O)Cc1cc(-c2cncc(S(=O)(=O)N3CCC(F)(F)C3)c2)ccn1. The van der Waals surface area contributed by atoms with Crippen molar-refractivity contribution in [1.29, 1.82) is 0 Å². The van der Waals surface area contributed by atoms with E-state index >= 15 is 0 Å². The van der Waals surface area contributed by atoms with Gasteiger partial charge in [-0.3, -0.25) is 14.8 Å². The average molecular weight is 381 g/mol. The molecule has 0 aliphatic carbocycles. The third-order valence-corrected chi connectivity index (χ3v) is 5.88. The van der Waals surface area contributed by atoms with Crippen molar-refractivity contribution in [3.63, 3.8) is 0 Å². The molecule has 1 aliphatic rings. The molecule has 0 bridgehead atoms. The molecule has 6 nitrogen and oxygen atoms in total. The van der Waals surface area contributed by atoms with E-state index in [1.165, 1.54) is 25.4 Å². The highest BCUT2D eigenvalue weighted by atomic mass is 32.2. The Morgan fingerprint density at radius 1 is 1.27 bits per heavy atom. The number of nitrogens with zero attached hydrogens (tertiary/aromatic N) is 3. The average Bonchev–Trinajstić information content (AvgIpc) is 2.95. The first-order valence-corrected chi connectivity index (χ1v) is 9.39. The minimum Gasteiger partial charge on any atom is -0.300 e. The van der Waals surface area contributed by atoms with Crippen LogP contribution in [0.15, 0.2) is 41.7 Å². The first-order chi connectivity index (χ1) is 12.2. The van der Waals surface area contributed by atoms with Gasteiger partial charge in [0.15, 0.2) is 0 Å². The largest absolute Gasteiger partial charge is 0.300 e. The predicted molar refractivity (Wildman–Crippen MR) is 90.2 cm³/mol. The summed E-state index contributed by atoms with van der Waals surface area (Å²) in [7, 11) is -4.05. The summed E-state index contributed by atoms with van der Waals surface area (Å²) in [6.07, 6.45) is 3.83. The van der Waals surface area contributed by atoms with Gasteiger partial charge in [-0.25, -0.2) is 17.2 Å². The van der Waals surface area contributed by atoms with Crippen LogP contribution in [0.25, 0.3) is 11.1 Å². The Balaban J connectivity index is 1.93. The fourth-order valence-corrected chi connectivity index (χ4v) is 4.24. The number of carbonyl (C=O) groups excluding carboxylic acids is 1. The summed E-state index contributed by atoms with van der Waals surface area (Å²) in [6.45, 7) is 0.407. The zero-order valence-electron chi connectivity index (χ0n) is 14.0. The molecule has 0 saturated carbocycles. The molecule has 0 atom stereocenters. The molecule has 1 fully saturated rings. The summed E-state index contributed by atoms with van der Waals surface area (Å²) in [6, 6.07) is 4.74. The van der Waals surface area contributed by atoms with Crippen LogP contribution in [-0.4, -0.2) is 47.5 Å². The molecule has 1 aliphatic heterocycles. The molecule has 3 rings (SSSR count). The highest BCUT2D eigenvalue weighted by Gasteiger charge is 2.43. The maximum atomic E-state index is 13.4. The van der Waals surface area contributed by atoms with Crippen LogP contribution in [0.2, 0.25) is 0 Å². The predicted octanol–water partition coefficient (Wildman–Crippen LogP) is 2.30. The second-order valence-corrected chi connectivity index (χ2v) is 8.21. The Labute approximate surface area is 149 Å². The molecule has 1 saturated heterocycles. The molecule has 9 heteroatoms. The lowest BCUT2D eigenvalue weighted by Crippen LogP contribution is -2.31. The molecule has 0 aromatic carbocycles. The highest BCUT2D eigenvalue weighted by molar-refractivity contribution is 7.89. The summed E-state index contributed by atoms with van der Waals surface area (Å²) >= 11 is 0. The van der Waals surface area contributed by atoms with E-state index in [0.717, 1.165) is 10.5 Å². The van der Waals surface area contributed by atoms with E-state index < -0.39 is 28.9 Å². The Morgan fingerprint density at radius 2 is 2.04 bits per heavy atom. The van der Waals surface area contributed by atoms with Crippen LogP contribution in [-0.2, 0) is 21.2 Å². The minimum absolute atomic E-state index is 0.0425. The summed E-state index contributed by atoms with van der Waals surface area (Å²) in [4.78, 5) is 19.2. The quantitative estimate of drug-likeness (QED) is 0.794. The van der Waals surface area contributed by atoms with Gasteiger partial charge in [0.25, 0.3) is 5.92 Å². The number of pyridine rings is 2. The van der Waals surface area contributed by atoms with Crippen molar-refractivity contribution in [2.75, 3.05) is 13.1 Å². The van der Waals surface area contributed by atoms with E-state index in [1.807, 2.05) is 0 Å². The molecule has 26 heavy (non-hydrogen) atoms. The van der Waals surface area contributed by atoms with E-state index in [4.69, 9.17) is 0 Å². The van der Waals surface area contributed by atoms with Gasteiger partial charge in [-0.2, -0.15) is 4.31 Å². The van der Waals surface area contributed by atoms with Crippen LogP contribution in [0.5, 0.6) is 0 Å². The first-order valence-electron chi connectivity index (χ1n) is 7.95. The number of hydrogen-bond acceptors (Lipinski definition) is 5. The Morgan fingerprint density at radius 3 is 2.69 bits per heavy atom. The van der Waals surface area contributed by atoms with Crippen molar-refractivity contribution in [3.05, 3.63) is 42.5 Å². The number of hydrogen-bond donors (Lipinski definition) is 0. The van der Waals surface area contributed by atoms with E-state index in [2.05, 4.69) is 9.97 Å². The Bertz CT molecular complexity index is 948. The van der Waals surface area contributed by atoms with Gasteiger partial charge in [0, 0.05) is 49.2 Å². The molecule has 0 radical (unpaired) electrons. The zero-order valence-corrected chi connectivity index (χ0v) is 14.8. The number of halogens is 2. The lowest BCUT2D eigenvalue weighted by atomic mass is 10.1. The van der Waals surface area contributed by atoms with Gasteiger partial charge in [0.1, 0.15) is 10.7 Å². The number of carbonyl (C=O) groups is 1. The van der Waals surface area contributed by atoms with Crippen LogP contribution in [0.1, 0.15) is 19.0 Å². The van der Waals surface area contributed by atoms with Crippen LogP contribution >= 0.6 is 0 Å². The second kappa shape index (κ2) is 6.81. The summed E-state index contributed by atoms with van der Waals surface area (Å²) in [5.74, 6) is -3.05. The molecular weight excluding hydrogens is 364 g/mol. The van der Waals surface area contributed by atoms with Gasteiger partial charge >= 0.3 is 0 Å². The van der Waals surface area contributed by atoms with E-state index in [9.17, 15) is 22.0 Å². The molecule has 0 N–H and O–H groups in total. The lowest BCUT2D eigenvalue weighted by Gasteiger charge is -2.16. The third-order valence-electron chi connectivity index (χ3n) is 4.07. The van der Waals surface area contributed by atoms with E-state index in [1.54, 1.807) is 12.1 Å². The van der Waals surface area contributed by atoms with Crippen molar-refractivity contribution < 1.29 is 22.0 Å². The van der Waals surface area contributed by atoms with Gasteiger partial charge < -0.3 is 0 Å². The molecule has 0 amide bonds. The molecule has 0 unspecified atom stereocenters. The Hall–Kier alpha value is -2.26. The molecule has 2 aromatic heterocycles. The van der Waals surface area contributed by atoms with Crippen LogP contribution < -0.4 is 0 Å². The number of Topliss-reactive ketones (excluding diaryl/α,β-unsaturated/α-hetero) is 1. The first kappa shape index (κ1) is 18.5. The molecule has 138 valence electrons.